The van der Waals surface area contributed by atoms with E-state index in [9.17, 15) is 0 Å². The second-order valence-corrected chi connectivity index (χ2v) is 3.47. The summed E-state index contributed by atoms with van der Waals surface area (Å²) in [5, 5.41) is 0. The van der Waals surface area contributed by atoms with E-state index in [2.05, 4.69) is 6.92 Å². The Morgan fingerprint density at radius 3 is 2.00 bits per heavy atom. The molecule has 0 aromatic rings. The molecule has 2 fully saturated rings. The van der Waals surface area contributed by atoms with Crippen LogP contribution < -0.4 is 0 Å². The highest BCUT2D eigenvalue weighted by molar-refractivity contribution is 4.87. The maximum absolute atomic E-state index is 5.55. The predicted octanol–water partition coefficient (Wildman–Crippen LogP) is 2.58. The summed E-state index contributed by atoms with van der Waals surface area (Å²) >= 11 is 0. The SMILES string of the molecule is CC.CC1CC2(C1)OCCCO2. The van der Waals surface area contributed by atoms with Gasteiger partial charge in [0.25, 0.3) is 0 Å². The van der Waals surface area contributed by atoms with Crippen molar-refractivity contribution in [3.05, 3.63) is 0 Å². The zero-order chi connectivity index (χ0) is 9.03. The van der Waals surface area contributed by atoms with Crippen LogP contribution in [0.5, 0.6) is 0 Å². The van der Waals surface area contributed by atoms with Crippen molar-refractivity contribution in [2.24, 2.45) is 5.92 Å². The van der Waals surface area contributed by atoms with Crippen molar-refractivity contribution in [3.8, 4) is 0 Å². The fraction of sp³-hybridized carbons (Fsp3) is 1.00. The number of ether oxygens (including phenoxy) is 2. The van der Waals surface area contributed by atoms with Crippen molar-refractivity contribution in [2.75, 3.05) is 13.2 Å². The Labute approximate surface area is 75.2 Å². The molecule has 1 aliphatic heterocycles. The first kappa shape index (κ1) is 10.0. The molecular weight excluding hydrogens is 152 g/mol. The van der Waals surface area contributed by atoms with Gasteiger partial charge in [-0.3, -0.25) is 0 Å². The van der Waals surface area contributed by atoms with Crippen LogP contribution in [-0.2, 0) is 9.47 Å². The minimum atomic E-state index is -0.127. The van der Waals surface area contributed by atoms with Gasteiger partial charge in [-0.1, -0.05) is 20.8 Å². The monoisotopic (exact) mass is 172 g/mol. The fourth-order valence-electron chi connectivity index (χ4n) is 1.85. The van der Waals surface area contributed by atoms with Gasteiger partial charge in [0.05, 0.1) is 13.2 Å². The minimum absolute atomic E-state index is 0.127. The van der Waals surface area contributed by atoms with Gasteiger partial charge in [-0.05, 0) is 12.3 Å². The van der Waals surface area contributed by atoms with E-state index in [1.807, 2.05) is 13.8 Å². The molecule has 2 nitrogen and oxygen atoms in total. The molecule has 0 aromatic carbocycles. The van der Waals surface area contributed by atoms with Gasteiger partial charge in [-0.25, -0.2) is 0 Å². The summed E-state index contributed by atoms with van der Waals surface area (Å²) < 4.78 is 11.1. The average Bonchev–Trinajstić information content (AvgIpc) is 2.08. The molecular formula is C10H20O2. The molecule has 0 atom stereocenters. The smallest absolute Gasteiger partial charge is 0.168 e. The van der Waals surface area contributed by atoms with Crippen LogP contribution in [0.15, 0.2) is 0 Å². The van der Waals surface area contributed by atoms with Crippen molar-refractivity contribution in [1.29, 1.82) is 0 Å². The third kappa shape index (κ3) is 1.99. The second-order valence-electron chi connectivity index (χ2n) is 3.47. The lowest BCUT2D eigenvalue weighted by atomic mass is 9.80. The summed E-state index contributed by atoms with van der Waals surface area (Å²) in [6, 6.07) is 0. The molecule has 0 unspecified atom stereocenters. The Morgan fingerprint density at radius 1 is 1.08 bits per heavy atom. The molecule has 0 N–H and O–H groups in total. The summed E-state index contributed by atoms with van der Waals surface area (Å²) in [7, 11) is 0. The Bertz CT molecular complexity index is 112. The van der Waals surface area contributed by atoms with Gasteiger partial charge in [0.1, 0.15) is 0 Å². The average molecular weight is 172 g/mol. The Hall–Kier alpha value is -0.0800. The highest BCUT2D eigenvalue weighted by Crippen LogP contribution is 2.42. The third-order valence-corrected chi connectivity index (χ3v) is 2.34. The van der Waals surface area contributed by atoms with E-state index in [-0.39, 0.29) is 5.79 Å². The molecule has 0 aromatic heterocycles. The van der Waals surface area contributed by atoms with E-state index >= 15 is 0 Å². The van der Waals surface area contributed by atoms with Crippen molar-refractivity contribution < 1.29 is 9.47 Å². The van der Waals surface area contributed by atoms with Crippen LogP contribution >= 0.6 is 0 Å². The van der Waals surface area contributed by atoms with E-state index in [1.165, 1.54) is 0 Å². The van der Waals surface area contributed by atoms with Gasteiger partial charge < -0.3 is 9.47 Å². The summed E-state index contributed by atoms with van der Waals surface area (Å²) in [6.45, 7) is 8.03. The molecule has 2 heteroatoms. The first-order chi connectivity index (χ1) is 5.81. The lowest BCUT2D eigenvalue weighted by molar-refractivity contribution is -0.316. The Balaban J connectivity index is 0.000000336. The van der Waals surface area contributed by atoms with Gasteiger partial charge in [-0.2, -0.15) is 0 Å². The van der Waals surface area contributed by atoms with Gasteiger partial charge in [0.15, 0.2) is 5.79 Å². The van der Waals surface area contributed by atoms with E-state index in [4.69, 9.17) is 9.47 Å². The molecule has 0 amide bonds. The first-order valence-electron chi connectivity index (χ1n) is 5.09. The van der Waals surface area contributed by atoms with Gasteiger partial charge >= 0.3 is 0 Å². The van der Waals surface area contributed by atoms with Crippen LogP contribution in [0.1, 0.15) is 40.0 Å². The topological polar surface area (TPSA) is 18.5 Å². The van der Waals surface area contributed by atoms with Crippen molar-refractivity contribution in [1.82, 2.24) is 0 Å². The largest absolute Gasteiger partial charge is 0.350 e. The van der Waals surface area contributed by atoms with E-state index < -0.39 is 0 Å². The third-order valence-electron chi connectivity index (χ3n) is 2.34. The number of hydrogen-bond donors (Lipinski definition) is 0. The summed E-state index contributed by atoms with van der Waals surface area (Å²) in [6.07, 6.45) is 3.27. The highest BCUT2D eigenvalue weighted by atomic mass is 16.7. The van der Waals surface area contributed by atoms with Crippen LogP contribution in [0.2, 0.25) is 0 Å². The standard InChI is InChI=1S/C8H14O2.C2H6/c1-7-5-8(6-7)9-3-2-4-10-8;1-2/h7H,2-6H2,1H3;1-2H3. The zero-order valence-corrected chi connectivity index (χ0v) is 8.43. The highest BCUT2D eigenvalue weighted by Gasteiger charge is 2.45. The number of rotatable bonds is 0. The van der Waals surface area contributed by atoms with Crippen LogP contribution in [0.3, 0.4) is 0 Å². The van der Waals surface area contributed by atoms with Crippen molar-refractivity contribution in [3.63, 3.8) is 0 Å². The molecule has 2 rings (SSSR count). The molecule has 1 aliphatic carbocycles. The maximum atomic E-state index is 5.55. The van der Waals surface area contributed by atoms with Crippen molar-refractivity contribution >= 4 is 0 Å². The van der Waals surface area contributed by atoms with Crippen LogP contribution in [0.4, 0.5) is 0 Å². The van der Waals surface area contributed by atoms with Crippen molar-refractivity contribution in [2.45, 2.75) is 45.8 Å². The normalized spacial score (nSPS) is 27.2. The van der Waals surface area contributed by atoms with E-state index in [1.54, 1.807) is 0 Å². The summed E-state index contributed by atoms with van der Waals surface area (Å²) in [5.41, 5.74) is 0. The Kier molecular flexibility index (Phi) is 3.53. The quantitative estimate of drug-likeness (QED) is 0.559. The lowest BCUT2D eigenvalue weighted by Crippen LogP contribution is -2.50. The zero-order valence-electron chi connectivity index (χ0n) is 8.43. The van der Waals surface area contributed by atoms with Gasteiger partial charge in [-0.15, -0.1) is 0 Å². The molecule has 0 bridgehead atoms. The summed E-state index contributed by atoms with van der Waals surface area (Å²) in [5.74, 6) is 0.676. The second kappa shape index (κ2) is 4.24. The molecule has 72 valence electrons. The number of hydrogen-bond acceptors (Lipinski definition) is 2. The lowest BCUT2D eigenvalue weighted by Gasteiger charge is -2.47. The minimum Gasteiger partial charge on any atom is -0.350 e. The van der Waals surface area contributed by atoms with E-state index in [0.717, 1.165) is 38.4 Å². The van der Waals surface area contributed by atoms with Crippen LogP contribution in [-0.4, -0.2) is 19.0 Å². The molecule has 1 saturated heterocycles. The van der Waals surface area contributed by atoms with Crippen LogP contribution in [0, 0.1) is 5.92 Å². The molecule has 0 radical (unpaired) electrons. The Morgan fingerprint density at radius 2 is 1.58 bits per heavy atom. The predicted molar refractivity (Wildman–Crippen MR) is 49.0 cm³/mol. The summed E-state index contributed by atoms with van der Waals surface area (Å²) in [4.78, 5) is 0. The fourth-order valence-corrected chi connectivity index (χ4v) is 1.85. The molecule has 1 heterocycles. The molecule has 2 aliphatic rings. The van der Waals surface area contributed by atoms with Gasteiger partial charge in [0.2, 0.25) is 0 Å². The van der Waals surface area contributed by atoms with E-state index in [0.29, 0.717) is 0 Å². The van der Waals surface area contributed by atoms with Crippen LogP contribution in [0.25, 0.3) is 0 Å². The first-order valence-corrected chi connectivity index (χ1v) is 5.09. The molecule has 12 heavy (non-hydrogen) atoms. The molecule has 1 spiro atoms. The van der Waals surface area contributed by atoms with Gasteiger partial charge in [0, 0.05) is 12.8 Å². The molecule has 1 saturated carbocycles. The maximum Gasteiger partial charge on any atom is 0.168 e.